The monoisotopic (exact) mass is 130 g/mol. The highest BCUT2D eigenvalue weighted by molar-refractivity contribution is 5.75. The normalized spacial score (nSPS) is 7.62. The molecule has 1 N–H and O–H groups in total. The highest BCUT2D eigenvalue weighted by atomic mass is 28.1. The Morgan fingerprint density at radius 2 is 2.12 bits per heavy atom. The summed E-state index contributed by atoms with van der Waals surface area (Å²) in [5, 5.41) is 8.04. The van der Waals surface area contributed by atoms with E-state index in [0.29, 0.717) is 6.42 Å². The zero-order valence-corrected chi connectivity index (χ0v) is 5.98. The van der Waals surface area contributed by atoms with E-state index in [1.807, 2.05) is 6.92 Å². The Hall–Kier alpha value is -0.313. The number of rotatable bonds is 3. The number of hydrogen-bond donors (Lipinski definition) is 1. The van der Waals surface area contributed by atoms with E-state index in [-0.39, 0.29) is 11.0 Å². The van der Waals surface area contributed by atoms with Crippen molar-refractivity contribution in [3.8, 4) is 0 Å². The van der Waals surface area contributed by atoms with Crippen LogP contribution in [0.5, 0.6) is 0 Å². The summed E-state index contributed by atoms with van der Waals surface area (Å²) in [5.41, 5.74) is 0. The van der Waals surface area contributed by atoms with Crippen molar-refractivity contribution in [1.82, 2.24) is 0 Å². The molecule has 0 rings (SSSR count). The molecule has 0 aromatic carbocycles. The molecule has 0 aliphatic heterocycles. The summed E-state index contributed by atoms with van der Waals surface area (Å²) in [5.74, 6) is -0.693. The van der Waals surface area contributed by atoms with Crippen LogP contribution in [0, 0.1) is 0 Å². The first-order chi connectivity index (χ1) is 3.27. The molecular weight excluding hydrogens is 120 g/mol. The van der Waals surface area contributed by atoms with Crippen LogP contribution in [0.25, 0.3) is 0 Å². The fourth-order valence-electron chi connectivity index (χ4n) is 0.328. The molecule has 3 heteroatoms. The summed E-state index contributed by atoms with van der Waals surface area (Å²) in [4.78, 5) is 9.76. The van der Waals surface area contributed by atoms with Gasteiger partial charge >= 0.3 is 5.97 Å². The van der Waals surface area contributed by atoms with Crippen LogP contribution < -0.4 is 0 Å². The Labute approximate surface area is 53.9 Å². The van der Waals surface area contributed by atoms with Crippen LogP contribution in [0.4, 0.5) is 0 Å². The average molecular weight is 130 g/mol. The molecule has 0 bridgehead atoms. The van der Waals surface area contributed by atoms with E-state index < -0.39 is 5.97 Å². The standard InChI is InChI=1S/C5H10O2.Si/c1-2-3-4-5(6)7;/h2-4H2,1H3,(H,6,7);. The Kier molecular flexibility index (Phi) is 8.88. The molecule has 0 saturated heterocycles. The highest BCUT2D eigenvalue weighted by Gasteiger charge is 1.90. The fraction of sp³-hybridized carbons (Fsp3) is 0.800. The molecule has 0 aromatic rings. The van der Waals surface area contributed by atoms with Gasteiger partial charge in [0.2, 0.25) is 0 Å². The van der Waals surface area contributed by atoms with Gasteiger partial charge in [-0.1, -0.05) is 13.3 Å². The van der Waals surface area contributed by atoms with Gasteiger partial charge in [0, 0.05) is 17.4 Å². The van der Waals surface area contributed by atoms with Crippen molar-refractivity contribution < 1.29 is 9.90 Å². The summed E-state index contributed by atoms with van der Waals surface area (Å²) >= 11 is 0. The molecule has 0 aromatic heterocycles. The average Bonchev–Trinajstić information content (AvgIpc) is 1.61. The lowest BCUT2D eigenvalue weighted by Crippen LogP contribution is -1.91. The molecule has 0 fully saturated rings. The quantitative estimate of drug-likeness (QED) is 0.576. The number of carboxylic acid groups (broad SMARTS) is 1. The lowest BCUT2D eigenvalue weighted by Gasteiger charge is -1.85. The maximum atomic E-state index is 9.76. The Morgan fingerprint density at radius 1 is 1.62 bits per heavy atom. The number of carboxylic acids is 1. The van der Waals surface area contributed by atoms with E-state index in [4.69, 9.17) is 5.11 Å². The van der Waals surface area contributed by atoms with Crippen molar-refractivity contribution in [1.29, 1.82) is 0 Å². The Morgan fingerprint density at radius 3 is 2.25 bits per heavy atom. The Balaban J connectivity index is 0. The second kappa shape index (κ2) is 6.69. The van der Waals surface area contributed by atoms with Gasteiger partial charge < -0.3 is 5.11 Å². The van der Waals surface area contributed by atoms with Crippen molar-refractivity contribution in [3.05, 3.63) is 0 Å². The minimum Gasteiger partial charge on any atom is -0.481 e. The smallest absolute Gasteiger partial charge is 0.303 e. The first kappa shape index (κ1) is 10.6. The predicted octanol–water partition coefficient (Wildman–Crippen LogP) is 0.880. The van der Waals surface area contributed by atoms with Gasteiger partial charge in [-0.05, 0) is 6.42 Å². The number of unbranched alkanes of at least 4 members (excludes halogenated alkanes) is 1. The maximum absolute atomic E-state index is 9.76. The molecule has 2 nitrogen and oxygen atoms in total. The molecule has 0 aliphatic carbocycles. The van der Waals surface area contributed by atoms with Crippen molar-refractivity contribution in [2.75, 3.05) is 0 Å². The lowest BCUT2D eigenvalue weighted by atomic mass is 10.3. The molecule has 0 spiro atoms. The van der Waals surface area contributed by atoms with E-state index in [2.05, 4.69) is 0 Å². The topological polar surface area (TPSA) is 37.3 Å². The summed E-state index contributed by atoms with van der Waals surface area (Å²) in [6.07, 6.45) is 2.08. The van der Waals surface area contributed by atoms with Gasteiger partial charge in [-0.15, -0.1) is 0 Å². The van der Waals surface area contributed by atoms with Crippen LogP contribution in [-0.2, 0) is 4.79 Å². The van der Waals surface area contributed by atoms with Crippen LogP contribution in [-0.4, -0.2) is 22.0 Å². The maximum Gasteiger partial charge on any atom is 0.303 e. The SMILES string of the molecule is CCCCC(=O)O.[Si]. The molecule has 0 amide bonds. The van der Waals surface area contributed by atoms with Gasteiger partial charge in [0.15, 0.2) is 0 Å². The number of carbonyl (C=O) groups is 1. The first-order valence-electron chi connectivity index (χ1n) is 2.49. The highest BCUT2D eigenvalue weighted by Crippen LogP contribution is 1.91. The fourth-order valence-corrected chi connectivity index (χ4v) is 0.328. The molecule has 4 radical (unpaired) electrons. The van der Waals surface area contributed by atoms with Crippen LogP contribution in [0.3, 0.4) is 0 Å². The van der Waals surface area contributed by atoms with Crippen molar-refractivity contribution in [2.45, 2.75) is 26.2 Å². The van der Waals surface area contributed by atoms with Gasteiger partial charge in [-0.3, -0.25) is 4.79 Å². The van der Waals surface area contributed by atoms with Gasteiger partial charge in [-0.25, -0.2) is 0 Å². The summed E-state index contributed by atoms with van der Waals surface area (Å²) < 4.78 is 0. The third kappa shape index (κ3) is 9.19. The minimum absolute atomic E-state index is 0. The molecule has 0 unspecified atom stereocenters. The van der Waals surface area contributed by atoms with Gasteiger partial charge in [-0.2, -0.15) is 0 Å². The number of aliphatic carboxylic acids is 1. The summed E-state index contributed by atoms with van der Waals surface area (Å²) in [7, 11) is 0. The number of hydrogen-bond acceptors (Lipinski definition) is 1. The molecule has 0 atom stereocenters. The molecule has 0 aliphatic rings. The lowest BCUT2D eigenvalue weighted by molar-refractivity contribution is -0.137. The zero-order valence-electron chi connectivity index (χ0n) is 4.98. The zero-order chi connectivity index (χ0) is 5.70. The predicted molar refractivity (Wildman–Crippen MR) is 32.9 cm³/mol. The van der Waals surface area contributed by atoms with Gasteiger partial charge in [0.05, 0.1) is 0 Å². The van der Waals surface area contributed by atoms with E-state index >= 15 is 0 Å². The van der Waals surface area contributed by atoms with Crippen molar-refractivity contribution >= 4 is 16.9 Å². The third-order valence-corrected chi connectivity index (χ3v) is 0.744. The van der Waals surface area contributed by atoms with Gasteiger partial charge in [0.1, 0.15) is 0 Å². The van der Waals surface area contributed by atoms with Crippen molar-refractivity contribution in [3.63, 3.8) is 0 Å². The van der Waals surface area contributed by atoms with Crippen molar-refractivity contribution in [2.24, 2.45) is 0 Å². The second-order valence-electron chi connectivity index (χ2n) is 1.50. The van der Waals surface area contributed by atoms with Crippen LogP contribution in [0.2, 0.25) is 0 Å². The third-order valence-electron chi connectivity index (χ3n) is 0.744. The summed E-state index contributed by atoms with van der Waals surface area (Å²) in [6, 6.07) is 0. The Bertz CT molecular complexity index is 63.4. The summed E-state index contributed by atoms with van der Waals surface area (Å²) in [6.45, 7) is 1.98. The van der Waals surface area contributed by atoms with E-state index in [9.17, 15) is 4.79 Å². The minimum atomic E-state index is -0.693. The van der Waals surface area contributed by atoms with Crippen LogP contribution >= 0.6 is 0 Å². The van der Waals surface area contributed by atoms with Crippen LogP contribution in [0.15, 0.2) is 0 Å². The van der Waals surface area contributed by atoms with E-state index in [1.54, 1.807) is 0 Å². The molecule has 8 heavy (non-hydrogen) atoms. The molecule has 0 heterocycles. The van der Waals surface area contributed by atoms with E-state index in [0.717, 1.165) is 12.8 Å². The largest absolute Gasteiger partial charge is 0.481 e. The second-order valence-corrected chi connectivity index (χ2v) is 1.50. The van der Waals surface area contributed by atoms with Crippen LogP contribution in [0.1, 0.15) is 26.2 Å². The molecule has 0 saturated carbocycles. The molecule has 46 valence electrons. The molecular formula is C5H10O2Si. The van der Waals surface area contributed by atoms with E-state index in [1.165, 1.54) is 0 Å². The first-order valence-corrected chi connectivity index (χ1v) is 2.49. The van der Waals surface area contributed by atoms with Gasteiger partial charge in [0.25, 0.3) is 0 Å².